The first-order valence-electron chi connectivity index (χ1n) is 9.76. The third kappa shape index (κ3) is 3.95. The summed E-state index contributed by atoms with van der Waals surface area (Å²) in [6, 6.07) is 12.2. The molecule has 0 radical (unpaired) electrons. The van der Waals surface area contributed by atoms with Gasteiger partial charge in [0.1, 0.15) is 0 Å². The van der Waals surface area contributed by atoms with Crippen LogP contribution in [0.1, 0.15) is 36.1 Å². The molecular weight excluding hydrogens is 404 g/mol. The van der Waals surface area contributed by atoms with E-state index >= 15 is 0 Å². The number of piperidine rings is 1. The van der Waals surface area contributed by atoms with Gasteiger partial charge in [0.15, 0.2) is 0 Å². The number of carbonyl (C=O) groups excluding carboxylic acids is 1. The van der Waals surface area contributed by atoms with Gasteiger partial charge in [-0.05, 0) is 36.4 Å². The van der Waals surface area contributed by atoms with Gasteiger partial charge in [0.05, 0.1) is 20.1 Å². The number of para-hydroxylation sites is 1. The quantitative estimate of drug-likeness (QED) is 0.462. The predicted octanol–water partition coefficient (Wildman–Crippen LogP) is 4.75. The fourth-order valence-electron chi connectivity index (χ4n) is 3.67. The smallest absolute Gasteiger partial charge is 0.227 e. The van der Waals surface area contributed by atoms with Gasteiger partial charge >= 0.3 is 0 Å². The molecule has 0 atom stereocenters. The van der Waals surface area contributed by atoms with Gasteiger partial charge in [-0.15, -0.1) is 22.7 Å². The SMILES string of the molecule is O=C(CCc1nc(-c2cccs2)no1)N1CCC(c2nc3ccccc3s2)CC1. The number of nitrogens with zero attached hydrogens (tertiary/aromatic N) is 4. The molecule has 5 rings (SSSR count). The molecule has 148 valence electrons. The van der Waals surface area contributed by atoms with Gasteiger partial charge < -0.3 is 9.42 Å². The normalized spacial score (nSPS) is 15.2. The van der Waals surface area contributed by atoms with E-state index in [4.69, 9.17) is 9.51 Å². The number of carbonyl (C=O) groups is 1. The number of aryl methyl sites for hydroxylation is 1. The number of aromatic nitrogens is 3. The molecule has 0 aliphatic carbocycles. The summed E-state index contributed by atoms with van der Waals surface area (Å²) in [5.41, 5.74) is 1.08. The Morgan fingerprint density at radius 3 is 2.79 bits per heavy atom. The van der Waals surface area contributed by atoms with Gasteiger partial charge in [0, 0.05) is 31.8 Å². The van der Waals surface area contributed by atoms with Gasteiger partial charge in [0.2, 0.25) is 17.6 Å². The molecule has 1 fully saturated rings. The molecule has 6 nitrogen and oxygen atoms in total. The van der Waals surface area contributed by atoms with Crippen LogP contribution in [0.3, 0.4) is 0 Å². The van der Waals surface area contributed by atoms with Crippen LogP contribution in [0.5, 0.6) is 0 Å². The highest BCUT2D eigenvalue weighted by atomic mass is 32.1. The number of likely N-dealkylation sites (tertiary alicyclic amines) is 1. The fourth-order valence-corrected chi connectivity index (χ4v) is 5.46. The molecule has 0 saturated carbocycles. The van der Waals surface area contributed by atoms with Crippen molar-refractivity contribution in [3.8, 4) is 10.7 Å². The topological polar surface area (TPSA) is 72.1 Å². The maximum absolute atomic E-state index is 12.6. The average molecular weight is 425 g/mol. The van der Waals surface area contributed by atoms with Crippen LogP contribution in [-0.4, -0.2) is 39.0 Å². The van der Waals surface area contributed by atoms with E-state index in [9.17, 15) is 4.79 Å². The number of rotatable bonds is 5. The zero-order valence-electron chi connectivity index (χ0n) is 15.8. The first-order chi connectivity index (χ1) is 14.3. The maximum atomic E-state index is 12.6. The lowest BCUT2D eigenvalue weighted by molar-refractivity contribution is -0.132. The molecule has 1 saturated heterocycles. The first-order valence-corrected chi connectivity index (χ1v) is 11.5. The molecule has 4 aromatic rings. The van der Waals surface area contributed by atoms with E-state index in [1.54, 1.807) is 22.7 Å². The summed E-state index contributed by atoms with van der Waals surface area (Å²) < 4.78 is 6.54. The van der Waals surface area contributed by atoms with Crippen LogP contribution in [-0.2, 0) is 11.2 Å². The second kappa shape index (κ2) is 8.04. The third-order valence-corrected chi connectivity index (χ3v) is 7.33. The van der Waals surface area contributed by atoms with Crippen LogP contribution in [0.25, 0.3) is 20.9 Å². The monoisotopic (exact) mass is 424 g/mol. The van der Waals surface area contributed by atoms with E-state index in [0.717, 1.165) is 36.3 Å². The molecule has 0 unspecified atom stereocenters. The third-order valence-electron chi connectivity index (χ3n) is 5.27. The molecule has 3 aromatic heterocycles. The van der Waals surface area contributed by atoms with Crippen molar-refractivity contribution in [2.75, 3.05) is 13.1 Å². The molecule has 4 heterocycles. The summed E-state index contributed by atoms with van der Waals surface area (Å²) in [4.78, 5) is 24.7. The summed E-state index contributed by atoms with van der Waals surface area (Å²) in [5.74, 6) is 1.72. The molecule has 1 aliphatic heterocycles. The molecule has 0 spiro atoms. The van der Waals surface area contributed by atoms with E-state index in [0.29, 0.717) is 30.5 Å². The van der Waals surface area contributed by atoms with E-state index in [-0.39, 0.29) is 5.91 Å². The maximum Gasteiger partial charge on any atom is 0.227 e. The number of hydrogen-bond acceptors (Lipinski definition) is 7. The lowest BCUT2D eigenvalue weighted by atomic mass is 9.97. The summed E-state index contributed by atoms with van der Waals surface area (Å²) in [6.07, 6.45) is 2.82. The van der Waals surface area contributed by atoms with Gasteiger partial charge in [0.25, 0.3) is 0 Å². The second-order valence-electron chi connectivity index (χ2n) is 7.16. The lowest BCUT2D eigenvalue weighted by Crippen LogP contribution is -2.38. The summed E-state index contributed by atoms with van der Waals surface area (Å²) in [7, 11) is 0. The molecule has 0 N–H and O–H groups in total. The van der Waals surface area contributed by atoms with Gasteiger partial charge in [-0.25, -0.2) is 4.98 Å². The van der Waals surface area contributed by atoms with Crippen LogP contribution in [0, 0.1) is 0 Å². The van der Waals surface area contributed by atoms with Gasteiger partial charge in [-0.3, -0.25) is 4.79 Å². The van der Waals surface area contributed by atoms with Gasteiger partial charge in [-0.2, -0.15) is 4.98 Å². The van der Waals surface area contributed by atoms with Crippen LogP contribution < -0.4 is 0 Å². The summed E-state index contributed by atoms with van der Waals surface area (Å²) in [5, 5.41) is 7.18. The number of fused-ring (bicyclic) bond motifs is 1. The number of thiophene rings is 1. The van der Waals surface area contributed by atoms with Crippen LogP contribution >= 0.6 is 22.7 Å². The van der Waals surface area contributed by atoms with E-state index in [2.05, 4.69) is 28.3 Å². The Kier molecular flexibility index (Phi) is 5.12. The lowest BCUT2D eigenvalue weighted by Gasteiger charge is -2.31. The number of thiazole rings is 1. The zero-order valence-corrected chi connectivity index (χ0v) is 17.4. The molecular formula is C21H20N4O2S2. The molecule has 8 heteroatoms. The van der Waals surface area contributed by atoms with Crippen molar-refractivity contribution < 1.29 is 9.32 Å². The fraction of sp³-hybridized carbons (Fsp3) is 0.333. The van der Waals surface area contributed by atoms with E-state index in [1.165, 1.54) is 9.71 Å². The molecule has 1 aromatic carbocycles. The standard InChI is InChI=1S/C21H20N4O2S2/c26-19(8-7-18-23-20(24-27-18)17-6-3-13-28-17)25-11-9-14(10-12-25)21-22-15-4-1-2-5-16(15)29-21/h1-6,13-14H,7-12H2. The van der Waals surface area contributed by atoms with E-state index in [1.807, 2.05) is 28.5 Å². The Bertz CT molecular complexity index is 1080. The first kappa shape index (κ1) is 18.4. The minimum atomic E-state index is 0.156. The van der Waals surface area contributed by atoms with Crippen LogP contribution in [0.2, 0.25) is 0 Å². The molecule has 0 bridgehead atoms. The van der Waals surface area contributed by atoms with Crippen molar-refractivity contribution in [2.24, 2.45) is 0 Å². The van der Waals surface area contributed by atoms with Crippen molar-refractivity contribution in [3.63, 3.8) is 0 Å². The van der Waals surface area contributed by atoms with Crippen molar-refractivity contribution in [3.05, 3.63) is 52.7 Å². The highest BCUT2D eigenvalue weighted by Crippen LogP contribution is 2.34. The van der Waals surface area contributed by atoms with Crippen molar-refractivity contribution in [2.45, 2.75) is 31.6 Å². The minimum absolute atomic E-state index is 0.156. The Balaban J connectivity index is 1.14. The highest BCUT2D eigenvalue weighted by molar-refractivity contribution is 7.18. The molecule has 1 aliphatic rings. The summed E-state index contributed by atoms with van der Waals surface area (Å²) >= 11 is 3.35. The highest BCUT2D eigenvalue weighted by Gasteiger charge is 2.26. The number of benzene rings is 1. The largest absolute Gasteiger partial charge is 0.343 e. The minimum Gasteiger partial charge on any atom is -0.343 e. The Hall–Kier alpha value is -2.58. The zero-order chi connectivity index (χ0) is 19.6. The van der Waals surface area contributed by atoms with Crippen LogP contribution in [0.4, 0.5) is 0 Å². The Labute approximate surface area is 176 Å². The Morgan fingerprint density at radius 1 is 1.14 bits per heavy atom. The number of hydrogen-bond donors (Lipinski definition) is 0. The Morgan fingerprint density at radius 2 is 2.00 bits per heavy atom. The predicted molar refractivity (Wildman–Crippen MR) is 114 cm³/mol. The molecule has 29 heavy (non-hydrogen) atoms. The second-order valence-corrected chi connectivity index (χ2v) is 9.17. The van der Waals surface area contributed by atoms with Crippen LogP contribution in [0.15, 0.2) is 46.3 Å². The number of amides is 1. The van der Waals surface area contributed by atoms with Gasteiger partial charge in [-0.1, -0.05) is 23.4 Å². The van der Waals surface area contributed by atoms with Crippen molar-refractivity contribution >= 4 is 38.8 Å². The average Bonchev–Trinajstić information content (AvgIpc) is 3.52. The summed E-state index contributed by atoms with van der Waals surface area (Å²) in [6.45, 7) is 1.56. The van der Waals surface area contributed by atoms with Crippen molar-refractivity contribution in [1.82, 2.24) is 20.0 Å². The van der Waals surface area contributed by atoms with E-state index < -0.39 is 0 Å². The molecule has 1 amide bonds. The van der Waals surface area contributed by atoms with Crippen molar-refractivity contribution in [1.29, 1.82) is 0 Å².